The van der Waals surface area contributed by atoms with Crippen molar-refractivity contribution in [2.45, 2.75) is 18.9 Å². The first-order valence-corrected chi connectivity index (χ1v) is 6.73. The maximum Gasteiger partial charge on any atom is 0.258 e. The molecule has 0 amide bonds. The van der Waals surface area contributed by atoms with Crippen LogP contribution in [0.25, 0.3) is 11.5 Å². The molecule has 1 unspecified atom stereocenters. The van der Waals surface area contributed by atoms with Crippen LogP contribution < -0.4 is 11.3 Å². The van der Waals surface area contributed by atoms with Gasteiger partial charge < -0.3 is 20.1 Å². The zero-order valence-electron chi connectivity index (χ0n) is 11.1. The molecular weight excluding hydrogens is 258 g/mol. The second-order valence-electron chi connectivity index (χ2n) is 5.01. The average molecular weight is 275 g/mol. The molecule has 2 aromatic heterocycles. The maximum atomic E-state index is 11.3. The molecule has 20 heavy (non-hydrogen) atoms. The molecule has 1 fully saturated rings. The molecule has 3 rings (SSSR count). The fraction of sp³-hybridized carbons (Fsp3) is 0.462. The topological polar surface area (TPSA) is 101 Å². The number of pyridine rings is 1. The lowest BCUT2D eigenvalue weighted by atomic mass is 10.2. The molecule has 0 spiro atoms. The molecule has 0 saturated carbocycles. The Morgan fingerprint density at radius 2 is 2.25 bits per heavy atom. The molecule has 1 aliphatic heterocycles. The number of nitrogens with two attached hydrogens (primary N) is 1. The maximum absolute atomic E-state index is 11.3. The molecule has 3 heterocycles. The normalized spacial score (nSPS) is 17.4. The molecule has 0 bridgehead atoms. The van der Waals surface area contributed by atoms with Gasteiger partial charge in [-0.2, -0.15) is 4.98 Å². The van der Waals surface area contributed by atoms with Crippen LogP contribution in [-0.4, -0.2) is 39.7 Å². The lowest BCUT2D eigenvalue weighted by Crippen LogP contribution is -2.30. The quantitative estimate of drug-likeness (QED) is 0.843. The highest BCUT2D eigenvalue weighted by Crippen LogP contribution is 2.18. The zero-order chi connectivity index (χ0) is 13.9. The van der Waals surface area contributed by atoms with Crippen LogP contribution in [0.4, 0.5) is 0 Å². The molecular formula is C13H17N5O2. The van der Waals surface area contributed by atoms with Gasteiger partial charge in [0.2, 0.25) is 5.56 Å². The van der Waals surface area contributed by atoms with Gasteiger partial charge in [0.25, 0.3) is 5.89 Å². The van der Waals surface area contributed by atoms with Crippen molar-refractivity contribution in [2.75, 3.05) is 19.6 Å². The Hall–Kier alpha value is -1.99. The highest BCUT2D eigenvalue weighted by molar-refractivity contribution is 5.51. The summed E-state index contributed by atoms with van der Waals surface area (Å²) in [6.07, 6.45) is 3.99. The molecule has 0 aliphatic carbocycles. The van der Waals surface area contributed by atoms with E-state index in [-0.39, 0.29) is 11.6 Å². The second-order valence-corrected chi connectivity index (χ2v) is 5.01. The monoisotopic (exact) mass is 275 g/mol. The number of aromatic nitrogens is 3. The third-order valence-electron chi connectivity index (χ3n) is 3.45. The first-order valence-electron chi connectivity index (χ1n) is 6.73. The summed E-state index contributed by atoms with van der Waals surface area (Å²) in [7, 11) is 0. The summed E-state index contributed by atoms with van der Waals surface area (Å²) in [6.45, 7) is 2.88. The minimum atomic E-state index is -0.271. The Balaban J connectivity index is 1.74. The summed E-state index contributed by atoms with van der Waals surface area (Å²) in [4.78, 5) is 20.4. The van der Waals surface area contributed by atoms with Crippen LogP contribution in [0.1, 0.15) is 24.7 Å². The van der Waals surface area contributed by atoms with Crippen LogP contribution in [0.3, 0.4) is 0 Å². The van der Waals surface area contributed by atoms with E-state index in [4.69, 9.17) is 10.3 Å². The van der Waals surface area contributed by atoms with Gasteiger partial charge in [-0.15, -0.1) is 0 Å². The van der Waals surface area contributed by atoms with E-state index in [1.165, 1.54) is 18.9 Å². The van der Waals surface area contributed by atoms with Crippen molar-refractivity contribution in [2.24, 2.45) is 5.73 Å². The van der Waals surface area contributed by atoms with Gasteiger partial charge in [0.15, 0.2) is 5.82 Å². The Morgan fingerprint density at radius 3 is 3.00 bits per heavy atom. The van der Waals surface area contributed by atoms with Gasteiger partial charge in [-0.25, -0.2) is 0 Å². The highest BCUT2D eigenvalue weighted by atomic mass is 16.5. The second kappa shape index (κ2) is 5.56. The number of hydrogen-bond acceptors (Lipinski definition) is 6. The van der Waals surface area contributed by atoms with Gasteiger partial charge in [0, 0.05) is 24.4 Å². The predicted octanol–water partition coefficient (Wildman–Crippen LogP) is 0.520. The van der Waals surface area contributed by atoms with Gasteiger partial charge in [-0.1, -0.05) is 5.16 Å². The molecule has 1 atom stereocenters. The van der Waals surface area contributed by atoms with Crippen LogP contribution in [0.2, 0.25) is 0 Å². The summed E-state index contributed by atoms with van der Waals surface area (Å²) in [5, 5.41) is 3.91. The fourth-order valence-corrected chi connectivity index (χ4v) is 2.41. The smallest absolute Gasteiger partial charge is 0.258 e. The predicted molar refractivity (Wildman–Crippen MR) is 73.0 cm³/mol. The number of hydrogen-bond donors (Lipinski definition) is 2. The fourth-order valence-electron chi connectivity index (χ4n) is 2.41. The molecule has 7 nitrogen and oxygen atoms in total. The molecule has 0 aromatic carbocycles. The molecule has 7 heteroatoms. The van der Waals surface area contributed by atoms with E-state index >= 15 is 0 Å². The Morgan fingerprint density at radius 1 is 1.45 bits per heavy atom. The summed E-state index contributed by atoms with van der Waals surface area (Å²) >= 11 is 0. The van der Waals surface area contributed by atoms with Crippen LogP contribution in [-0.2, 0) is 0 Å². The van der Waals surface area contributed by atoms with E-state index in [1.807, 2.05) is 0 Å². The highest BCUT2D eigenvalue weighted by Gasteiger charge is 2.20. The SMILES string of the molecule is NC(CN1CCCC1)c1noc(-c2cc[nH]c(=O)c2)n1. The van der Waals surface area contributed by atoms with Crippen molar-refractivity contribution in [3.05, 3.63) is 34.5 Å². The van der Waals surface area contributed by atoms with Crippen molar-refractivity contribution in [3.63, 3.8) is 0 Å². The van der Waals surface area contributed by atoms with Crippen LogP contribution >= 0.6 is 0 Å². The van der Waals surface area contributed by atoms with E-state index in [1.54, 1.807) is 12.3 Å². The van der Waals surface area contributed by atoms with E-state index in [9.17, 15) is 4.79 Å². The zero-order valence-corrected chi connectivity index (χ0v) is 11.1. The van der Waals surface area contributed by atoms with E-state index < -0.39 is 0 Å². The van der Waals surface area contributed by atoms with Gasteiger partial charge in [0.1, 0.15) is 0 Å². The standard InChI is InChI=1S/C13H17N5O2/c14-10(8-18-5-1-2-6-18)12-16-13(20-17-12)9-3-4-15-11(19)7-9/h3-4,7,10H,1-2,5-6,8,14H2,(H,15,19). The Bertz CT molecular complexity index is 629. The van der Waals surface area contributed by atoms with Gasteiger partial charge >= 0.3 is 0 Å². The summed E-state index contributed by atoms with van der Waals surface area (Å²) in [5.41, 5.74) is 6.49. The third kappa shape index (κ3) is 2.78. The summed E-state index contributed by atoms with van der Waals surface area (Å²) in [6, 6.07) is 2.86. The van der Waals surface area contributed by atoms with Crippen molar-refractivity contribution < 1.29 is 4.52 Å². The number of nitrogens with one attached hydrogen (secondary N) is 1. The van der Waals surface area contributed by atoms with E-state index in [0.29, 0.717) is 17.3 Å². The van der Waals surface area contributed by atoms with Crippen molar-refractivity contribution in [3.8, 4) is 11.5 Å². The van der Waals surface area contributed by atoms with Gasteiger partial charge in [-0.3, -0.25) is 4.79 Å². The lowest BCUT2D eigenvalue weighted by Gasteiger charge is -2.17. The van der Waals surface area contributed by atoms with Crippen LogP contribution in [0.15, 0.2) is 27.6 Å². The summed E-state index contributed by atoms with van der Waals surface area (Å²) < 4.78 is 5.18. The first-order chi connectivity index (χ1) is 9.72. The van der Waals surface area contributed by atoms with Crippen molar-refractivity contribution >= 4 is 0 Å². The minimum absolute atomic E-state index is 0.205. The van der Waals surface area contributed by atoms with E-state index in [2.05, 4.69) is 20.0 Å². The number of H-pyrrole nitrogens is 1. The average Bonchev–Trinajstić information content (AvgIpc) is 3.09. The molecule has 2 aromatic rings. The largest absolute Gasteiger partial charge is 0.334 e. The minimum Gasteiger partial charge on any atom is -0.334 e. The van der Waals surface area contributed by atoms with Crippen molar-refractivity contribution in [1.82, 2.24) is 20.0 Å². The van der Waals surface area contributed by atoms with Gasteiger partial charge in [-0.05, 0) is 32.0 Å². The molecule has 1 aliphatic rings. The van der Waals surface area contributed by atoms with E-state index in [0.717, 1.165) is 19.6 Å². The molecule has 0 radical (unpaired) electrons. The first kappa shape index (κ1) is 13.0. The number of aromatic amines is 1. The Labute approximate surface area is 115 Å². The number of rotatable bonds is 4. The van der Waals surface area contributed by atoms with Crippen molar-refractivity contribution in [1.29, 1.82) is 0 Å². The lowest BCUT2D eigenvalue weighted by molar-refractivity contribution is 0.306. The Kier molecular flexibility index (Phi) is 3.62. The number of likely N-dealkylation sites (tertiary alicyclic amines) is 1. The summed E-state index contributed by atoms with van der Waals surface area (Å²) in [5.74, 6) is 0.801. The van der Waals surface area contributed by atoms with Gasteiger partial charge in [0.05, 0.1) is 6.04 Å². The molecule has 106 valence electrons. The number of nitrogens with zero attached hydrogens (tertiary/aromatic N) is 3. The molecule has 1 saturated heterocycles. The third-order valence-corrected chi connectivity index (χ3v) is 3.45. The van der Waals surface area contributed by atoms with Crippen LogP contribution in [0.5, 0.6) is 0 Å². The van der Waals surface area contributed by atoms with Crippen LogP contribution in [0, 0.1) is 0 Å². The molecule has 3 N–H and O–H groups in total.